The van der Waals surface area contributed by atoms with Crippen LogP contribution in [0.4, 0.5) is 0 Å². The van der Waals surface area contributed by atoms with Crippen molar-refractivity contribution in [3.63, 3.8) is 0 Å². The summed E-state index contributed by atoms with van der Waals surface area (Å²) in [5.74, 6) is 0. The number of hydrogen-bond donors (Lipinski definition) is 1. The van der Waals surface area contributed by atoms with Crippen molar-refractivity contribution in [2.45, 2.75) is 83.3 Å². The third-order valence-electron chi connectivity index (χ3n) is 3.54. The Morgan fingerprint density at radius 1 is 1.06 bits per heavy atom. The Morgan fingerprint density at radius 2 is 1.75 bits per heavy atom. The van der Waals surface area contributed by atoms with Crippen LogP contribution < -0.4 is 5.73 Å². The fraction of sp³-hybridized carbons (Fsp3) is 1.00. The quantitative estimate of drug-likeness (QED) is 0.643. The first-order valence-corrected chi connectivity index (χ1v) is 7.20. The zero-order valence-corrected chi connectivity index (χ0v) is 10.9. The predicted octanol–water partition coefficient (Wildman–Crippen LogP) is 3.63. The van der Waals surface area contributed by atoms with Crippen molar-refractivity contribution >= 4 is 0 Å². The van der Waals surface area contributed by atoms with Gasteiger partial charge in [-0.25, -0.2) is 0 Å². The average molecular weight is 227 g/mol. The molecule has 16 heavy (non-hydrogen) atoms. The number of hydrogen-bond acceptors (Lipinski definition) is 2. The molecule has 2 nitrogen and oxygen atoms in total. The average Bonchev–Trinajstić information content (AvgIpc) is 2.28. The summed E-state index contributed by atoms with van der Waals surface area (Å²) in [7, 11) is 0. The maximum atomic E-state index is 5.93. The van der Waals surface area contributed by atoms with E-state index >= 15 is 0 Å². The third-order valence-corrected chi connectivity index (χ3v) is 3.54. The number of unbranched alkanes of at least 4 members (excludes halogenated alkanes) is 6. The minimum Gasteiger partial charge on any atom is -0.378 e. The topological polar surface area (TPSA) is 35.2 Å². The van der Waals surface area contributed by atoms with E-state index in [1.54, 1.807) is 0 Å². The molecule has 0 aromatic heterocycles. The van der Waals surface area contributed by atoms with E-state index in [0.717, 1.165) is 19.4 Å². The van der Waals surface area contributed by atoms with Crippen LogP contribution in [-0.2, 0) is 4.74 Å². The first-order valence-electron chi connectivity index (χ1n) is 7.20. The molecule has 1 saturated heterocycles. The Bertz CT molecular complexity index is 161. The van der Waals surface area contributed by atoms with Crippen LogP contribution >= 0.6 is 0 Å². The van der Waals surface area contributed by atoms with Crippen LogP contribution in [0.3, 0.4) is 0 Å². The van der Waals surface area contributed by atoms with E-state index in [0.29, 0.717) is 12.1 Å². The Labute approximate surface area is 101 Å². The zero-order chi connectivity index (χ0) is 11.6. The van der Waals surface area contributed by atoms with Crippen LogP contribution in [0.25, 0.3) is 0 Å². The summed E-state index contributed by atoms with van der Waals surface area (Å²) < 4.78 is 5.71. The molecule has 0 radical (unpaired) electrons. The summed E-state index contributed by atoms with van der Waals surface area (Å²) in [4.78, 5) is 0. The molecule has 0 aromatic rings. The molecular formula is C14H29NO. The van der Waals surface area contributed by atoms with Crippen molar-refractivity contribution in [2.75, 3.05) is 6.61 Å². The van der Waals surface area contributed by atoms with Gasteiger partial charge < -0.3 is 10.5 Å². The van der Waals surface area contributed by atoms with Gasteiger partial charge in [0.15, 0.2) is 0 Å². The molecule has 0 aromatic carbocycles. The monoisotopic (exact) mass is 227 g/mol. The van der Waals surface area contributed by atoms with E-state index in [9.17, 15) is 0 Å². The largest absolute Gasteiger partial charge is 0.378 e. The lowest BCUT2D eigenvalue weighted by atomic mass is 9.99. The van der Waals surface area contributed by atoms with E-state index in [2.05, 4.69) is 6.92 Å². The molecule has 0 saturated carbocycles. The minimum absolute atomic E-state index is 0.392. The molecule has 2 N–H and O–H groups in total. The minimum atomic E-state index is 0.392. The molecule has 1 aliphatic rings. The Balaban J connectivity index is 1.86. The lowest BCUT2D eigenvalue weighted by Crippen LogP contribution is -2.34. The summed E-state index contributed by atoms with van der Waals surface area (Å²) in [5.41, 5.74) is 5.93. The third kappa shape index (κ3) is 6.49. The Hall–Kier alpha value is -0.0800. The van der Waals surface area contributed by atoms with Crippen molar-refractivity contribution in [3.8, 4) is 0 Å². The van der Waals surface area contributed by atoms with E-state index < -0.39 is 0 Å². The molecule has 0 bridgehead atoms. The van der Waals surface area contributed by atoms with Crippen LogP contribution in [0.15, 0.2) is 0 Å². The summed E-state index contributed by atoms with van der Waals surface area (Å²) in [6.45, 7) is 3.14. The lowest BCUT2D eigenvalue weighted by molar-refractivity contribution is 0.00193. The molecule has 0 amide bonds. The van der Waals surface area contributed by atoms with Crippen LogP contribution in [0.2, 0.25) is 0 Å². The van der Waals surface area contributed by atoms with Gasteiger partial charge in [0.05, 0.1) is 6.10 Å². The number of nitrogens with two attached hydrogens (primary N) is 1. The maximum absolute atomic E-state index is 5.93. The normalized spacial score (nSPS) is 25.9. The van der Waals surface area contributed by atoms with Crippen molar-refractivity contribution in [1.29, 1.82) is 0 Å². The van der Waals surface area contributed by atoms with E-state index in [4.69, 9.17) is 10.5 Å². The summed E-state index contributed by atoms with van der Waals surface area (Å²) in [6.07, 6.45) is 13.5. The highest BCUT2D eigenvalue weighted by Crippen LogP contribution is 2.18. The second-order valence-electron chi connectivity index (χ2n) is 5.19. The van der Waals surface area contributed by atoms with Crippen molar-refractivity contribution in [2.24, 2.45) is 5.73 Å². The van der Waals surface area contributed by atoms with E-state index in [-0.39, 0.29) is 0 Å². The standard InChI is InChI=1S/C14H29NO/c1-2-3-4-5-6-7-8-9-14-12-13(15)10-11-16-14/h13-14H,2-12,15H2,1H3. The lowest BCUT2D eigenvalue weighted by Gasteiger charge is -2.27. The van der Waals surface area contributed by atoms with Gasteiger partial charge in [0.1, 0.15) is 0 Å². The van der Waals surface area contributed by atoms with Gasteiger partial charge in [-0.1, -0.05) is 51.9 Å². The van der Waals surface area contributed by atoms with Gasteiger partial charge in [-0.05, 0) is 19.3 Å². The van der Waals surface area contributed by atoms with E-state index in [1.165, 1.54) is 51.4 Å². The van der Waals surface area contributed by atoms with Gasteiger partial charge in [-0.3, -0.25) is 0 Å². The first-order chi connectivity index (χ1) is 7.83. The van der Waals surface area contributed by atoms with Gasteiger partial charge in [-0.2, -0.15) is 0 Å². The summed E-state index contributed by atoms with van der Waals surface area (Å²) >= 11 is 0. The van der Waals surface area contributed by atoms with Gasteiger partial charge in [-0.15, -0.1) is 0 Å². The second-order valence-corrected chi connectivity index (χ2v) is 5.19. The maximum Gasteiger partial charge on any atom is 0.0589 e. The zero-order valence-electron chi connectivity index (χ0n) is 10.9. The predicted molar refractivity (Wildman–Crippen MR) is 69.6 cm³/mol. The first kappa shape index (κ1) is 14.0. The van der Waals surface area contributed by atoms with Crippen LogP contribution in [0, 0.1) is 0 Å². The van der Waals surface area contributed by atoms with Crippen LogP contribution in [-0.4, -0.2) is 18.8 Å². The fourth-order valence-electron chi connectivity index (χ4n) is 2.44. The molecule has 1 fully saturated rings. The Morgan fingerprint density at radius 3 is 2.44 bits per heavy atom. The van der Waals surface area contributed by atoms with Gasteiger partial charge >= 0.3 is 0 Å². The van der Waals surface area contributed by atoms with E-state index in [1.807, 2.05) is 0 Å². The van der Waals surface area contributed by atoms with Crippen LogP contribution in [0.5, 0.6) is 0 Å². The molecule has 0 aliphatic carbocycles. The molecule has 1 aliphatic heterocycles. The number of ether oxygens (including phenoxy) is 1. The van der Waals surface area contributed by atoms with Gasteiger partial charge in [0.25, 0.3) is 0 Å². The van der Waals surface area contributed by atoms with Gasteiger partial charge in [0.2, 0.25) is 0 Å². The van der Waals surface area contributed by atoms with Crippen LogP contribution in [0.1, 0.15) is 71.1 Å². The Kier molecular flexibility index (Phi) is 7.87. The molecular weight excluding hydrogens is 198 g/mol. The highest BCUT2D eigenvalue weighted by molar-refractivity contribution is 4.73. The molecule has 2 heteroatoms. The molecule has 1 rings (SSSR count). The molecule has 2 unspecified atom stereocenters. The molecule has 96 valence electrons. The summed E-state index contributed by atoms with van der Waals surface area (Å²) in [6, 6.07) is 0.392. The SMILES string of the molecule is CCCCCCCCCC1CC(N)CCO1. The second kappa shape index (κ2) is 9.00. The highest BCUT2D eigenvalue weighted by atomic mass is 16.5. The molecule has 0 spiro atoms. The molecule has 1 heterocycles. The summed E-state index contributed by atoms with van der Waals surface area (Å²) in [5, 5.41) is 0. The van der Waals surface area contributed by atoms with Crippen molar-refractivity contribution in [3.05, 3.63) is 0 Å². The highest BCUT2D eigenvalue weighted by Gasteiger charge is 2.18. The number of rotatable bonds is 8. The molecule has 2 atom stereocenters. The van der Waals surface area contributed by atoms with Crippen molar-refractivity contribution < 1.29 is 4.74 Å². The smallest absolute Gasteiger partial charge is 0.0589 e. The fourth-order valence-corrected chi connectivity index (χ4v) is 2.44. The van der Waals surface area contributed by atoms with Gasteiger partial charge in [0, 0.05) is 12.6 Å². The van der Waals surface area contributed by atoms with Crippen molar-refractivity contribution in [1.82, 2.24) is 0 Å².